The Hall–Kier alpha value is -1.46. The quantitative estimate of drug-likeness (QED) is 0.866. The van der Waals surface area contributed by atoms with E-state index >= 15 is 0 Å². The first-order chi connectivity index (χ1) is 9.72. The molecule has 21 heavy (non-hydrogen) atoms. The Morgan fingerprint density at radius 2 is 1.90 bits per heavy atom. The number of benzene rings is 1. The lowest BCUT2D eigenvalue weighted by Crippen LogP contribution is -2.47. The van der Waals surface area contributed by atoms with E-state index in [9.17, 15) is 9.59 Å². The van der Waals surface area contributed by atoms with Crippen LogP contribution in [0.25, 0.3) is 0 Å². The first-order valence-electron chi connectivity index (χ1n) is 6.46. The number of carbonyl (C=O) groups excluding carboxylic acids is 1. The highest BCUT2D eigenvalue weighted by Gasteiger charge is 2.22. The number of nitrogens with zero attached hydrogens (tertiary/aromatic N) is 1. The number of carboxylic acids is 1. The maximum Gasteiger partial charge on any atom is 0.323 e. The van der Waals surface area contributed by atoms with Crippen LogP contribution in [-0.4, -0.2) is 34.6 Å². The van der Waals surface area contributed by atoms with Crippen molar-refractivity contribution in [3.63, 3.8) is 0 Å². The molecule has 1 atom stereocenters. The van der Waals surface area contributed by atoms with E-state index in [-0.39, 0.29) is 18.6 Å². The summed E-state index contributed by atoms with van der Waals surface area (Å²) in [7, 11) is 0. The molecular weight excluding hydrogens is 315 g/mol. The molecular formula is C14H18Cl2N2O3. The molecule has 0 saturated heterocycles. The first kappa shape index (κ1) is 17.6. The lowest BCUT2D eigenvalue weighted by molar-refractivity contribution is -0.138. The molecule has 7 heteroatoms. The van der Waals surface area contributed by atoms with Gasteiger partial charge in [-0.05, 0) is 38.5 Å². The summed E-state index contributed by atoms with van der Waals surface area (Å²) in [4.78, 5) is 24.2. The lowest BCUT2D eigenvalue weighted by Gasteiger charge is -2.27. The van der Waals surface area contributed by atoms with Gasteiger partial charge >= 0.3 is 12.0 Å². The van der Waals surface area contributed by atoms with Gasteiger partial charge in [0, 0.05) is 16.1 Å². The van der Waals surface area contributed by atoms with Crippen LogP contribution in [-0.2, 0) is 4.79 Å². The molecule has 5 nitrogen and oxygen atoms in total. The molecule has 1 unspecified atom stereocenters. The third-order valence-corrected chi connectivity index (χ3v) is 3.52. The summed E-state index contributed by atoms with van der Waals surface area (Å²) in [5, 5.41) is 12.5. The SMILES string of the molecule is CC(NC(=O)N(CC(=O)O)C(C)C)c1ccc(Cl)cc1Cl. The van der Waals surface area contributed by atoms with Crippen molar-refractivity contribution >= 4 is 35.2 Å². The molecule has 2 amide bonds. The van der Waals surface area contributed by atoms with Gasteiger partial charge in [0.25, 0.3) is 0 Å². The molecule has 0 saturated carbocycles. The van der Waals surface area contributed by atoms with E-state index in [0.29, 0.717) is 15.6 Å². The number of urea groups is 1. The Labute approximate surface area is 133 Å². The van der Waals surface area contributed by atoms with Crippen LogP contribution in [0.5, 0.6) is 0 Å². The summed E-state index contributed by atoms with van der Waals surface area (Å²) in [6.45, 7) is 4.92. The molecule has 2 N–H and O–H groups in total. The Morgan fingerprint density at radius 3 is 2.38 bits per heavy atom. The minimum atomic E-state index is -1.06. The van der Waals surface area contributed by atoms with Crippen LogP contribution in [0.4, 0.5) is 4.79 Å². The van der Waals surface area contributed by atoms with Crippen molar-refractivity contribution in [1.82, 2.24) is 10.2 Å². The molecule has 116 valence electrons. The maximum atomic E-state index is 12.2. The van der Waals surface area contributed by atoms with Gasteiger partial charge in [-0.25, -0.2) is 4.79 Å². The largest absolute Gasteiger partial charge is 0.480 e. The highest BCUT2D eigenvalue weighted by Crippen LogP contribution is 2.26. The number of nitrogens with one attached hydrogen (secondary N) is 1. The average molecular weight is 333 g/mol. The second-order valence-corrected chi connectivity index (χ2v) is 5.80. The van der Waals surface area contributed by atoms with Crippen LogP contribution < -0.4 is 5.32 Å². The van der Waals surface area contributed by atoms with Gasteiger partial charge in [-0.2, -0.15) is 0 Å². The molecule has 0 aliphatic carbocycles. The highest BCUT2D eigenvalue weighted by atomic mass is 35.5. The van der Waals surface area contributed by atoms with Gasteiger partial charge in [-0.15, -0.1) is 0 Å². The molecule has 1 aromatic rings. The molecule has 0 spiro atoms. The highest BCUT2D eigenvalue weighted by molar-refractivity contribution is 6.35. The molecule has 0 radical (unpaired) electrons. The summed E-state index contributed by atoms with van der Waals surface area (Å²) in [6, 6.07) is 3.96. The van der Waals surface area contributed by atoms with Crippen LogP contribution >= 0.6 is 23.2 Å². The van der Waals surface area contributed by atoms with E-state index in [1.165, 1.54) is 4.90 Å². The molecule has 0 aliphatic heterocycles. The van der Waals surface area contributed by atoms with Gasteiger partial charge in [0.2, 0.25) is 0 Å². The minimum absolute atomic E-state index is 0.228. The van der Waals surface area contributed by atoms with E-state index in [4.69, 9.17) is 28.3 Å². The second kappa shape index (κ2) is 7.52. The lowest BCUT2D eigenvalue weighted by atomic mass is 10.1. The molecule has 1 rings (SSSR count). The monoisotopic (exact) mass is 332 g/mol. The topological polar surface area (TPSA) is 69.6 Å². The zero-order valence-electron chi connectivity index (χ0n) is 12.1. The number of hydrogen-bond donors (Lipinski definition) is 2. The van der Waals surface area contributed by atoms with Gasteiger partial charge in [-0.3, -0.25) is 4.79 Å². The fourth-order valence-electron chi connectivity index (χ4n) is 1.83. The zero-order valence-corrected chi connectivity index (χ0v) is 13.6. The number of amides is 2. The average Bonchev–Trinajstić information content (AvgIpc) is 2.34. The van der Waals surface area contributed by atoms with Gasteiger partial charge in [0.15, 0.2) is 0 Å². The number of carboxylic acid groups (broad SMARTS) is 1. The van der Waals surface area contributed by atoms with Crippen LogP contribution in [0.15, 0.2) is 18.2 Å². The van der Waals surface area contributed by atoms with Crippen LogP contribution in [0.1, 0.15) is 32.4 Å². The second-order valence-electron chi connectivity index (χ2n) is 4.95. The van der Waals surface area contributed by atoms with Gasteiger partial charge in [-0.1, -0.05) is 29.3 Å². The third kappa shape index (κ3) is 5.10. The number of halogens is 2. The maximum absolute atomic E-state index is 12.2. The van der Waals surface area contributed by atoms with Crippen molar-refractivity contribution in [3.8, 4) is 0 Å². The van der Waals surface area contributed by atoms with Gasteiger partial charge < -0.3 is 15.3 Å². The Bertz CT molecular complexity index is 535. The van der Waals surface area contributed by atoms with Crippen molar-refractivity contribution in [2.75, 3.05) is 6.54 Å². The molecule has 0 aliphatic rings. The summed E-state index contributed by atoms with van der Waals surface area (Å²) in [5.74, 6) is -1.06. The molecule has 0 aromatic heterocycles. The smallest absolute Gasteiger partial charge is 0.323 e. The van der Waals surface area contributed by atoms with E-state index in [2.05, 4.69) is 5.32 Å². The summed E-state index contributed by atoms with van der Waals surface area (Å²) >= 11 is 11.9. The fraction of sp³-hybridized carbons (Fsp3) is 0.429. The minimum Gasteiger partial charge on any atom is -0.480 e. The van der Waals surface area contributed by atoms with Crippen LogP contribution in [0.3, 0.4) is 0 Å². The summed E-state index contributed by atoms with van der Waals surface area (Å²) in [5.41, 5.74) is 0.716. The third-order valence-electron chi connectivity index (χ3n) is 2.96. The fourth-order valence-corrected chi connectivity index (χ4v) is 2.41. The van der Waals surface area contributed by atoms with Gasteiger partial charge in [0.05, 0.1) is 6.04 Å². The predicted molar refractivity (Wildman–Crippen MR) is 82.9 cm³/mol. The van der Waals surface area contributed by atoms with E-state index < -0.39 is 12.0 Å². The van der Waals surface area contributed by atoms with E-state index in [0.717, 1.165) is 0 Å². The molecule has 1 aromatic carbocycles. The van der Waals surface area contributed by atoms with Crippen molar-refractivity contribution in [1.29, 1.82) is 0 Å². The number of hydrogen-bond acceptors (Lipinski definition) is 2. The van der Waals surface area contributed by atoms with Crippen molar-refractivity contribution < 1.29 is 14.7 Å². The Balaban J connectivity index is 2.82. The van der Waals surface area contributed by atoms with Crippen LogP contribution in [0.2, 0.25) is 10.0 Å². The number of carbonyl (C=O) groups is 2. The summed E-state index contributed by atoms with van der Waals surface area (Å²) in [6.07, 6.45) is 0. The number of rotatable bonds is 5. The van der Waals surface area contributed by atoms with Gasteiger partial charge in [0.1, 0.15) is 6.54 Å². The predicted octanol–water partition coefficient (Wildman–Crippen LogP) is 3.56. The van der Waals surface area contributed by atoms with E-state index in [1.54, 1.807) is 39.0 Å². The summed E-state index contributed by atoms with van der Waals surface area (Å²) < 4.78 is 0. The van der Waals surface area contributed by atoms with Crippen molar-refractivity contribution in [2.45, 2.75) is 32.9 Å². The standard InChI is InChI=1S/C14H18Cl2N2O3/c1-8(2)18(7-13(19)20)14(21)17-9(3)11-5-4-10(15)6-12(11)16/h4-6,8-9H,7H2,1-3H3,(H,17,21)(H,19,20). The first-order valence-corrected chi connectivity index (χ1v) is 7.21. The van der Waals surface area contributed by atoms with Crippen molar-refractivity contribution in [3.05, 3.63) is 33.8 Å². The molecule has 0 heterocycles. The van der Waals surface area contributed by atoms with E-state index in [1.807, 2.05) is 0 Å². The zero-order chi connectivity index (χ0) is 16.2. The van der Waals surface area contributed by atoms with Crippen molar-refractivity contribution in [2.24, 2.45) is 0 Å². The normalized spacial score (nSPS) is 12.1. The van der Waals surface area contributed by atoms with Crippen LogP contribution in [0, 0.1) is 0 Å². The molecule has 0 fully saturated rings. The Morgan fingerprint density at radius 1 is 1.29 bits per heavy atom. The Kier molecular flexibility index (Phi) is 6.30. The number of aliphatic carboxylic acids is 1. The molecule has 0 bridgehead atoms.